The van der Waals surface area contributed by atoms with E-state index < -0.39 is 0 Å². The molecule has 0 aliphatic carbocycles. The molecule has 68 valence electrons. The molecule has 4 nitrogen and oxygen atoms in total. The van der Waals surface area contributed by atoms with Gasteiger partial charge >= 0.3 is 0 Å². The molecule has 0 saturated carbocycles. The summed E-state index contributed by atoms with van der Waals surface area (Å²) >= 11 is 0. The maximum Gasteiger partial charge on any atom is 0.244 e. The summed E-state index contributed by atoms with van der Waals surface area (Å²) in [4.78, 5) is 25.6. The van der Waals surface area contributed by atoms with Crippen molar-refractivity contribution in [2.75, 3.05) is 21.1 Å². The van der Waals surface area contributed by atoms with Crippen LogP contribution in [0.1, 0.15) is 12.8 Å². The van der Waals surface area contributed by atoms with Gasteiger partial charge in [0, 0.05) is 27.6 Å². The number of amides is 2. The Hall–Kier alpha value is -1.06. The zero-order valence-electron chi connectivity index (χ0n) is 7.70. The predicted octanol–water partition coefficient (Wildman–Crippen LogP) is -0.305. The van der Waals surface area contributed by atoms with Crippen molar-refractivity contribution in [1.82, 2.24) is 9.80 Å². The van der Waals surface area contributed by atoms with E-state index in [-0.39, 0.29) is 17.9 Å². The number of nitrogens with zero attached hydrogens (tertiary/aromatic N) is 2. The van der Waals surface area contributed by atoms with E-state index in [1.54, 1.807) is 21.1 Å². The van der Waals surface area contributed by atoms with Crippen LogP contribution in [0.4, 0.5) is 0 Å². The minimum Gasteiger partial charge on any atom is -0.347 e. The standard InChI is InChI=1S/C8H14N2O2/c1-9(2)8(12)6-4-5-7(11)10(6)3/h6H,4-5H2,1-3H3/t6-/m0/s1. The third-order valence-corrected chi connectivity index (χ3v) is 2.22. The minimum atomic E-state index is -0.229. The Bertz CT molecular complexity index is 213. The highest BCUT2D eigenvalue weighted by atomic mass is 16.2. The number of likely N-dealkylation sites (tertiary alicyclic amines) is 1. The summed E-state index contributed by atoms with van der Waals surface area (Å²) in [5.41, 5.74) is 0. The monoisotopic (exact) mass is 170 g/mol. The highest BCUT2D eigenvalue weighted by Gasteiger charge is 2.33. The third kappa shape index (κ3) is 1.42. The summed E-state index contributed by atoms with van der Waals surface area (Å²) in [6.07, 6.45) is 1.16. The van der Waals surface area contributed by atoms with Crippen LogP contribution in [-0.2, 0) is 9.59 Å². The first-order valence-corrected chi connectivity index (χ1v) is 4.01. The molecular weight excluding hydrogens is 156 g/mol. The van der Waals surface area contributed by atoms with Gasteiger partial charge in [0.2, 0.25) is 11.8 Å². The average Bonchev–Trinajstić information content (AvgIpc) is 2.32. The van der Waals surface area contributed by atoms with Gasteiger partial charge in [0.1, 0.15) is 6.04 Å². The molecule has 12 heavy (non-hydrogen) atoms. The third-order valence-electron chi connectivity index (χ3n) is 2.22. The summed E-state index contributed by atoms with van der Waals surface area (Å²) < 4.78 is 0. The lowest BCUT2D eigenvalue weighted by molar-refractivity contribution is -0.138. The van der Waals surface area contributed by atoms with E-state index in [1.807, 2.05) is 0 Å². The van der Waals surface area contributed by atoms with E-state index in [0.29, 0.717) is 12.8 Å². The highest BCUT2D eigenvalue weighted by Crippen LogP contribution is 2.17. The van der Waals surface area contributed by atoms with E-state index in [4.69, 9.17) is 0 Å². The smallest absolute Gasteiger partial charge is 0.244 e. The number of rotatable bonds is 1. The first kappa shape index (κ1) is 9.03. The van der Waals surface area contributed by atoms with Crippen LogP contribution in [0.25, 0.3) is 0 Å². The fourth-order valence-electron chi connectivity index (χ4n) is 1.39. The number of hydrogen-bond acceptors (Lipinski definition) is 2. The van der Waals surface area contributed by atoms with Gasteiger partial charge in [-0.3, -0.25) is 9.59 Å². The molecule has 2 amide bonds. The van der Waals surface area contributed by atoms with Gasteiger partial charge in [0.25, 0.3) is 0 Å². The van der Waals surface area contributed by atoms with Crippen molar-refractivity contribution in [2.24, 2.45) is 0 Å². The second kappa shape index (κ2) is 3.13. The van der Waals surface area contributed by atoms with Gasteiger partial charge < -0.3 is 9.80 Å². The van der Waals surface area contributed by atoms with Crippen LogP contribution < -0.4 is 0 Å². The highest BCUT2D eigenvalue weighted by molar-refractivity contribution is 5.90. The van der Waals surface area contributed by atoms with E-state index in [2.05, 4.69) is 0 Å². The molecule has 1 aliphatic heterocycles. The molecule has 0 bridgehead atoms. The summed E-state index contributed by atoms with van der Waals surface area (Å²) in [6.45, 7) is 0. The van der Waals surface area contributed by atoms with Crippen LogP contribution >= 0.6 is 0 Å². The Morgan fingerprint density at radius 1 is 1.58 bits per heavy atom. The van der Waals surface area contributed by atoms with Gasteiger partial charge in [0.15, 0.2) is 0 Å². The zero-order valence-corrected chi connectivity index (χ0v) is 7.70. The Morgan fingerprint density at radius 2 is 2.17 bits per heavy atom. The molecule has 1 atom stereocenters. The van der Waals surface area contributed by atoms with Gasteiger partial charge in [-0.1, -0.05) is 0 Å². The number of hydrogen-bond donors (Lipinski definition) is 0. The topological polar surface area (TPSA) is 40.6 Å². The van der Waals surface area contributed by atoms with Crippen molar-refractivity contribution in [3.05, 3.63) is 0 Å². The average molecular weight is 170 g/mol. The van der Waals surface area contributed by atoms with Gasteiger partial charge in [-0.05, 0) is 6.42 Å². The summed E-state index contributed by atoms with van der Waals surface area (Å²) in [7, 11) is 5.10. The Morgan fingerprint density at radius 3 is 2.50 bits per heavy atom. The second-order valence-electron chi connectivity index (χ2n) is 3.29. The van der Waals surface area contributed by atoms with Crippen LogP contribution in [0.5, 0.6) is 0 Å². The molecule has 0 N–H and O–H groups in total. The second-order valence-corrected chi connectivity index (χ2v) is 3.29. The predicted molar refractivity (Wildman–Crippen MR) is 44.5 cm³/mol. The molecule has 1 heterocycles. The summed E-state index contributed by atoms with van der Waals surface area (Å²) in [6, 6.07) is -0.229. The molecule has 1 saturated heterocycles. The molecule has 1 fully saturated rings. The van der Waals surface area contributed by atoms with E-state index in [1.165, 1.54) is 9.80 Å². The lowest BCUT2D eigenvalue weighted by Gasteiger charge is -2.22. The maximum atomic E-state index is 11.4. The summed E-state index contributed by atoms with van der Waals surface area (Å²) in [5.74, 6) is 0.0820. The fraction of sp³-hybridized carbons (Fsp3) is 0.750. The van der Waals surface area contributed by atoms with Crippen LogP contribution in [0, 0.1) is 0 Å². The molecule has 1 aliphatic rings. The molecule has 0 spiro atoms. The molecule has 0 radical (unpaired) electrons. The van der Waals surface area contributed by atoms with Crippen LogP contribution in [-0.4, -0.2) is 48.8 Å². The fourth-order valence-corrected chi connectivity index (χ4v) is 1.39. The lowest BCUT2D eigenvalue weighted by Crippen LogP contribution is -2.41. The minimum absolute atomic E-state index is 0.0170. The van der Waals surface area contributed by atoms with Crippen molar-refractivity contribution in [3.63, 3.8) is 0 Å². The molecule has 1 rings (SSSR count). The van der Waals surface area contributed by atoms with Crippen molar-refractivity contribution >= 4 is 11.8 Å². The van der Waals surface area contributed by atoms with Crippen molar-refractivity contribution in [1.29, 1.82) is 0 Å². The molecule has 0 aromatic heterocycles. The molecule has 0 unspecified atom stereocenters. The maximum absolute atomic E-state index is 11.4. The molecule has 4 heteroatoms. The molecule has 0 aromatic carbocycles. The molecular formula is C8H14N2O2. The lowest BCUT2D eigenvalue weighted by atomic mass is 10.2. The van der Waals surface area contributed by atoms with E-state index in [9.17, 15) is 9.59 Å². The Labute approximate surface area is 72.1 Å². The van der Waals surface area contributed by atoms with Crippen molar-refractivity contribution in [3.8, 4) is 0 Å². The van der Waals surface area contributed by atoms with Crippen molar-refractivity contribution < 1.29 is 9.59 Å². The Kier molecular flexibility index (Phi) is 2.35. The first-order valence-electron chi connectivity index (χ1n) is 4.01. The van der Waals surface area contributed by atoms with Gasteiger partial charge in [-0.2, -0.15) is 0 Å². The Balaban J connectivity index is 2.65. The zero-order chi connectivity index (χ0) is 9.30. The van der Waals surface area contributed by atoms with Crippen LogP contribution in [0.2, 0.25) is 0 Å². The van der Waals surface area contributed by atoms with Gasteiger partial charge in [-0.25, -0.2) is 0 Å². The first-order chi connectivity index (χ1) is 5.54. The van der Waals surface area contributed by atoms with Crippen LogP contribution in [0.15, 0.2) is 0 Å². The SMILES string of the molecule is CN(C)C(=O)[C@@H]1CCC(=O)N1C. The molecule has 0 aromatic rings. The number of carbonyl (C=O) groups is 2. The summed E-state index contributed by atoms with van der Waals surface area (Å²) in [5, 5.41) is 0. The van der Waals surface area contributed by atoms with Crippen LogP contribution in [0.3, 0.4) is 0 Å². The van der Waals surface area contributed by atoms with E-state index >= 15 is 0 Å². The van der Waals surface area contributed by atoms with Gasteiger partial charge in [0.05, 0.1) is 0 Å². The van der Waals surface area contributed by atoms with Gasteiger partial charge in [-0.15, -0.1) is 0 Å². The van der Waals surface area contributed by atoms with Crippen molar-refractivity contribution in [2.45, 2.75) is 18.9 Å². The number of carbonyl (C=O) groups excluding carboxylic acids is 2. The van der Waals surface area contributed by atoms with E-state index in [0.717, 1.165) is 0 Å². The number of likely N-dealkylation sites (N-methyl/N-ethyl adjacent to an activating group) is 2. The normalized spacial score (nSPS) is 23.1. The quantitative estimate of drug-likeness (QED) is 0.542. The largest absolute Gasteiger partial charge is 0.347 e.